The standard InChI is InChI=1S/C9H18OS/c1-8(2)4-5-11-7-9(3)6-10/h4,9-10H,5-7H2,1-3H3. The SMILES string of the molecule is CC(C)=CCSCC(C)CO. The molecule has 0 heterocycles. The molecule has 66 valence electrons. The summed E-state index contributed by atoms with van der Waals surface area (Å²) in [5.74, 6) is 2.57. The van der Waals surface area contributed by atoms with E-state index in [9.17, 15) is 0 Å². The summed E-state index contributed by atoms with van der Waals surface area (Å²) in [5, 5.41) is 8.71. The molecule has 1 N–H and O–H groups in total. The summed E-state index contributed by atoms with van der Waals surface area (Å²) in [7, 11) is 0. The van der Waals surface area contributed by atoms with E-state index in [-0.39, 0.29) is 0 Å². The summed E-state index contributed by atoms with van der Waals surface area (Å²) in [6.07, 6.45) is 2.22. The van der Waals surface area contributed by atoms with Gasteiger partial charge in [-0.15, -0.1) is 0 Å². The lowest BCUT2D eigenvalue weighted by atomic mass is 10.2. The maximum atomic E-state index is 8.71. The van der Waals surface area contributed by atoms with Gasteiger partial charge in [-0.25, -0.2) is 0 Å². The molecule has 1 nitrogen and oxygen atoms in total. The molecule has 0 aliphatic carbocycles. The maximum Gasteiger partial charge on any atom is 0.0464 e. The molecule has 0 radical (unpaired) electrons. The lowest BCUT2D eigenvalue weighted by Crippen LogP contribution is -2.03. The zero-order valence-electron chi connectivity index (χ0n) is 7.63. The fraction of sp³-hybridized carbons (Fsp3) is 0.778. The first-order valence-corrected chi connectivity index (χ1v) is 5.14. The van der Waals surface area contributed by atoms with E-state index in [0.29, 0.717) is 12.5 Å². The van der Waals surface area contributed by atoms with Crippen molar-refractivity contribution in [3.8, 4) is 0 Å². The van der Waals surface area contributed by atoms with Crippen LogP contribution in [0.4, 0.5) is 0 Å². The van der Waals surface area contributed by atoms with Crippen molar-refractivity contribution in [3.63, 3.8) is 0 Å². The van der Waals surface area contributed by atoms with Crippen LogP contribution in [0.5, 0.6) is 0 Å². The Morgan fingerprint density at radius 2 is 2.18 bits per heavy atom. The Morgan fingerprint density at radius 1 is 1.55 bits per heavy atom. The molecule has 1 atom stereocenters. The monoisotopic (exact) mass is 174 g/mol. The first kappa shape index (κ1) is 11.1. The van der Waals surface area contributed by atoms with Crippen molar-refractivity contribution in [1.29, 1.82) is 0 Å². The second-order valence-electron chi connectivity index (χ2n) is 3.11. The van der Waals surface area contributed by atoms with Gasteiger partial charge in [0.05, 0.1) is 0 Å². The van der Waals surface area contributed by atoms with Gasteiger partial charge in [-0.1, -0.05) is 18.6 Å². The molecule has 0 aliphatic rings. The highest BCUT2D eigenvalue weighted by molar-refractivity contribution is 7.99. The van der Waals surface area contributed by atoms with Crippen LogP contribution in [0.1, 0.15) is 20.8 Å². The van der Waals surface area contributed by atoms with Crippen molar-refractivity contribution in [2.24, 2.45) is 5.92 Å². The van der Waals surface area contributed by atoms with Crippen molar-refractivity contribution in [1.82, 2.24) is 0 Å². The van der Waals surface area contributed by atoms with E-state index >= 15 is 0 Å². The molecular formula is C9H18OS. The zero-order chi connectivity index (χ0) is 8.69. The Bertz CT molecular complexity index is 117. The van der Waals surface area contributed by atoms with E-state index in [4.69, 9.17) is 5.11 Å². The minimum atomic E-state index is 0.307. The predicted molar refractivity (Wildman–Crippen MR) is 53.0 cm³/mol. The molecule has 0 rings (SSSR count). The summed E-state index contributed by atoms with van der Waals surface area (Å²) in [5.41, 5.74) is 1.37. The quantitative estimate of drug-likeness (QED) is 0.510. The summed E-state index contributed by atoms with van der Waals surface area (Å²) in [4.78, 5) is 0. The Labute approximate surface area is 73.9 Å². The summed E-state index contributed by atoms with van der Waals surface area (Å²) in [6.45, 7) is 6.59. The van der Waals surface area contributed by atoms with Gasteiger partial charge >= 0.3 is 0 Å². The van der Waals surface area contributed by atoms with E-state index < -0.39 is 0 Å². The van der Waals surface area contributed by atoms with E-state index in [1.165, 1.54) is 5.57 Å². The molecule has 0 saturated heterocycles. The number of rotatable bonds is 5. The average Bonchev–Trinajstić information content (AvgIpc) is 1.97. The van der Waals surface area contributed by atoms with Gasteiger partial charge in [0.15, 0.2) is 0 Å². The first-order valence-electron chi connectivity index (χ1n) is 3.98. The Hall–Kier alpha value is 0.0500. The molecule has 0 amide bonds. The van der Waals surface area contributed by atoms with Crippen LogP contribution in [0.25, 0.3) is 0 Å². The number of thioether (sulfide) groups is 1. The fourth-order valence-electron chi connectivity index (χ4n) is 0.548. The number of aliphatic hydroxyl groups is 1. The molecule has 0 aromatic rings. The molecule has 0 aliphatic heterocycles. The van der Waals surface area contributed by atoms with Gasteiger partial charge in [-0.3, -0.25) is 0 Å². The third kappa shape index (κ3) is 7.95. The Kier molecular flexibility index (Phi) is 6.77. The van der Waals surface area contributed by atoms with E-state index in [1.807, 2.05) is 11.8 Å². The van der Waals surface area contributed by atoms with Crippen LogP contribution in [-0.2, 0) is 0 Å². The number of allylic oxidation sites excluding steroid dienone is 1. The summed E-state index contributed by atoms with van der Waals surface area (Å²) in [6, 6.07) is 0. The molecule has 0 aromatic heterocycles. The smallest absolute Gasteiger partial charge is 0.0464 e. The van der Waals surface area contributed by atoms with Gasteiger partial charge in [0.25, 0.3) is 0 Å². The van der Waals surface area contributed by atoms with Crippen LogP contribution < -0.4 is 0 Å². The van der Waals surface area contributed by atoms with E-state index in [1.54, 1.807) is 0 Å². The molecule has 0 spiro atoms. The summed E-state index contributed by atoms with van der Waals surface area (Å²) < 4.78 is 0. The molecule has 0 bridgehead atoms. The van der Waals surface area contributed by atoms with Crippen LogP contribution in [0.15, 0.2) is 11.6 Å². The number of aliphatic hydroxyl groups excluding tert-OH is 1. The minimum absolute atomic E-state index is 0.307. The van der Waals surface area contributed by atoms with Gasteiger partial charge in [-0.05, 0) is 25.5 Å². The van der Waals surface area contributed by atoms with E-state index in [2.05, 4.69) is 26.8 Å². The molecule has 0 fully saturated rings. The minimum Gasteiger partial charge on any atom is -0.396 e. The summed E-state index contributed by atoms with van der Waals surface area (Å²) >= 11 is 1.88. The average molecular weight is 174 g/mol. The Morgan fingerprint density at radius 3 is 2.64 bits per heavy atom. The van der Waals surface area contributed by atoms with Crippen LogP contribution in [-0.4, -0.2) is 23.2 Å². The van der Waals surface area contributed by atoms with Gasteiger partial charge in [0, 0.05) is 12.4 Å². The molecule has 0 saturated carbocycles. The molecular weight excluding hydrogens is 156 g/mol. The van der Waals surface area contributed by atoms with Crippen LogP contribution in [0.2, 0.25) is 0 Å². The van der Waals surface area contributed by atoms with Gasteiger partial charge in [0.2, 0.25) is 0 Å². The molecule has 2 heteroatoms. The lowest BCUT2D eigenvalue weighted by molar-refractivity contribution is 0.250. The van der Waals surface area contributed by atoms with Crippen molar-refractivity contribution in [2.75, 3.05) is 18.1 Å². The van der Waals surface area contributed by atoms with E-state index in [0.717, 1.165) is 11.5 Å². The van der Waals surface area contributed by atoms with Crippen molar-refractivity contribution in [3.05, 3.63) is 11.6 Å². The van der Waals surface area contributed by atoms with Gasteiger partial charge in [0.1, 0.15) is 0 Å². The third-order valence-corrected chi connectivity index (χ3v) is 2.53. The number of hydrogen-bond acceptors (Lipinski definition) is 2. The lowest BCUT2D eigenvalue weighted by Gasteiger charge is -2.04. The van der Waals surface area contributed by atoms with Crippen molar-refractivity contribution >= 4 is 11.8 Å². The van der Waals surface area contributed by atoms with Gasteiger partial charge < -0.3 is 5.11 Å². The fourth-order valence-corrected chi connectivity index (χ4v) is 1.64. The van der Waals surface area contributed by atoms with Crippen molar-refractivity contribution in [2.45, 2.75) is 20.8 Å². The predicted octanol–water partition coefficient (Wildman–Crippen LogP) is 2.31. The van der Waals surface area contributed by atoms with Crippen LogP contribution in [0, 0.1) is 5.92 Å². The molecule has 11 heavy (non-hydrogen) atoms. The first-order chi connectivity index (χ1) is 5.16. The second-order valence-corrected chi connectivity index (χ2v) is 4.18. The highest BCUT2D eigenvalue weighted by Crippen LogP contribution is 2.08. The largest absolute Gasteiger partial charge is 0.396 e. The highest BCUT2D eigenvalue weighted by Gasteiger charge is 1.97. The zero-order valence-corrected chi connectivity index (χ0v) is 8.45. The molecule has 1 unspecified atom stereocenters. The van der Waals surface area contributed by atoms with Crippen LogP contribution >= 0.6 is 11.8 Å². The Balaban J connectivity index is 3.21. The molecule has 0 aromatic carbocycles. The van der Waals surface area contributed by atoms with Crippen molar-refractivity contribution < 1.29 is 5.11 Å². The second kappa shape index (κ2) is 6.74. The maximum absolute atomic E-state index is 8.71. The highest BCUT2D eigenvalue weighted by atomic mass is 32.2. The third-order valence-electron chi connectivity index (χ3n) is 1.32. The number of hydrogen-bond donors (Lipinski definition) is 1. The normalized spacial score (nSPS) is 12.7. The topological polar surface area (TPSA) is 20.2 Å². The van der Waals surface area contributed by atoms with Crippen LogP contribution in [0.3, 0.4) is 0 Å². The van der Waals surface area contributed by atoms with Gasteiger partial charge in [-0.2, -0.15) is 11.8 Å².